The van der Waals surface area contributed by atoms with Gasteiger partial charge in [-0.25, -0.2) is 0 Å². The fourth-order valence-electron chi connectivity index (χ4n) is 1.58. The molecule has 0 heterocycles. The lowest BCUT2D eigenvalue weighted by molar-refractivity contribution is -0.476. The molecule has 0 spiro atoms. The normalized spacial score (nSPS) is 17.8. The maximum atomic E-state index is 4.21. The fraction of sp³-hybridized carbons (Fsp3) is 1.00. The van der Waals surface area contributed by atoms with Crippen molar-refractivity contribution in [1.29, 1.82) is 0 Å². The first kappa shape index (κ1) is 14.8. The van der Waals surface area contributed by atoms with Gasteiger partial charge in [-0.1, -0.05) is 33.6 Å². The minimum Gasteiger partial charge on any atom is -1.00 e. The molecule has 0 aromatic heterocycles. The van der Waals surface area contributed by atoms with Crippen molar-refractivity contribution in [2.75, 3.05) is 0 Å². The summed E-state index contributed by atoms with van der Waals surface area (Å²) in [6.45, 7) is 9.08. The Morgan fingerprint density at radius 2 is 1.83 bits per heavy atom. The molecule has 0 aliphatic rings. The van der Waals surface area contributed by atoms with Crippen LogP contribution in [0.1, 0.15) is 53.4 Å². The summed E-state index contributed by atoms with van der Waals surface area (Å²) in [5.41, 5.74) is 4.52. The third kappa shape index (κ3) is 6.93. The highest BCUT2D eigenvalue weighted by atomic mass is 35.5. The van der Waals surface area contributed by atoms with Crippen LogP contribution < -0.4 is 18.1 Å². The molecule has 0 fully saturated rings. The summed E-state index contributed by atoms with van der Waals surface area (Å²) < 4.78 is 0. The maximum absolute atomic E-state index is 4.21. The van der Waals surface area contributed by atoms with E-state index in [-0.39, 0.29) is 12.4 Å². The van der Waals surface area contributed by atoms with Crippen LogP contribution in [0.4, 0.5) is 0 Å². The molecule has 0 aliphatic carbocycles. The third-order valence-electron chi connectivity index (χ3n) is 2.48. The van der Waals surface area contributed by atoms with Crippen LogP contribution in [0.2, 0.25) is 0 Å². The van der Waals surface area contributed by atoms with Gasteiger partial charge in [0, 0.05) is 6.42 Å². The lowest BCUT2D eigenvalue weighted by Crippen LogP contribution is -3.00. The predicted octanol–water partition coefficient (Wildman–Crippen LogP) is -0.773. The summed E-state index contributed by atoms with van der Waals surface area (Å²) in [5, 5.41) is 0. The van der Waals surface area contributed by atoms with E-state index in [2.05, 4.69) is 33.4 Å². The highest BCUT2D eigenvalue weighted by molar-refractivity contribution is 4.71. The molecule has 2 atom stereocenters. The van der Waals surface area contributed by atoms with E-state index in [1.807, 2.05) is 0 Å². The van der Waals surface area contributed by atoms with Crippen molar-refractivity contribution in [2.24, 2.45) is 5.92 Å². The molecule has 2 unspecified atom stereocenters. The summed E-state index contributed by atoms with van der Waals surface area (Å²) in [6.07, 6.45) is 5.13. The quantitative estimate of drug-likeness (QED) is 0.594. The molecular weight excluding hydrogens is 170 g/mol. The van der Waals surface area contributed by atoms with E-state index >= 15 is 0 Å². The van der Waals surface area contributed by atoms with Crippen molar-refractivity contribution in [3.63, 3.8) is 0 Å². The van der Waals surface area contributed by atoms with Crippen molar-refractivity contribution < 1.29 is 18.1 Å². The maximum Gasteiger partial charge on any atom is 0.0917 e. The van der Waals surface area contributed by atoms with Gasteiger partial charge in [-0.3, -0.25) is 0 Å². The van der Waals surface area contributed by atoms with Crippen LogP contribution in [0.5, 0.6) is 0 Å². The molecule has 0 saturated carbocycles. The predicted molar refractivity (Wildman–Crippen MR) is 50.3 cm³/mol. The zero-order valence-electron chi connectivity index (χ0n) is 8.99. The molecular formula is C10H24ClN. The summed E-state index contributed by atoms with van der Waals surface area (Å²) >= 11 is 0. The molecule has 0 aromatic carbocycles. The van der Waals surface area contributed by atoms with Gasteiger partial charge in [0.2, 0.25) is 0 Å². The van der Waals surface area contributed by atoms with E-state index in [4.69, 9.17) is 0 Å². The van der Waals surface area contributed by atoms with Crippen LogP contribution in [-0.4, -0.2) is 5.54 Å². The highest BCUT2D eigenvalue weighted by Crippen LogP contribution is 2.18. The molecule has 3 N–H and O–H groups in total. The van der Waals surface area contributed by atoms with Gasteiger partial charge in [0.1, 0.15) is 0 Å². The average Bonchev–Trinajstić information content (AvgIpc) is 1.87. The van der Waals surface area contributed by atoms with E-state index in [9.17, 15) is 0 Å². The van der Waals surface area contributed by atoms with Gasteiger partial charge in [0.25, 0.3) is 0 Å². The van der Waals surface area contributed by atoms with Crippen molar-refractivity contribution in [1.82, 2.24) is 0 Å². The number of halogens is 1. The van der Waals surface area contributed by atoms with Crippen LogP contribution in [-0.2, 0) is 0 Å². The van der Waals surface area contributed by atoms with E-state index in [0.717, 1.165) is 5.92 Å². The van der Waals surface area contributed by atoms with Gasteiger partial charge in [-0.15, -0.1) is 0 Å². The molecule has 0 aliphatic heterocycles. The molecule has 2 heteroatoms. The lowest BCUT2D eigenvalue weighted by atomic mass is 9.87. The van der Waals surface area contributed by atoms with Gasteiger partial charge in [0.05, 0.1) is 5.54 Å². The molecule has 12 heavy (non-hydrogen) atoms. The number of quaternary nitrogens is 1. The highest BCUT2D eigenvalue weighted by Gasteiger charge is 2.22. The first-order valence-corrected chi connectivity index (χ1v) is 4.87. The number of hydrogen-bond acceptors (Lipinski definition) is 0. The molecule has 0 amide bonds. The van der Waals surface area contributed by atoms with E-state index in [0.29, 0.717) is 5.54 Å². The van der Waals surface area contributed by atoms with Crippen LogP contribution in [0.25, 0.3) is 0 Å². The second-order valence-electron chi connectivity index (χ2n) is 4.26. The van der Waals surface area contributed by atoms with Gasteiger partial charge in [-0.05, 0) is 19.3 Å². The van der Waals surface area contributed by atoms with E-state index < -0.39 is 0 Å². The summed E-state index contributed by atoms with van der Waals surface area (Å²) in [6, 6.07) is 0. The van der Waals surface area contributed by atoms with E-state index in [1.165, 1.54) is 25.7 Å². The Bertz CT molecular complexity index is 102. The Morgan fingerprint density at radius 1 is 1.33 bits per heavy atom. The van der Waals surface area contributed by atoms with Crippen molar-refractivity contribution in [2.45, 2.75) is 58.9 Å². The SMILES string of the molecule is CCCC(C)CC(C)([NH3+])CC.[Cl-]. The molecule has 0 aromatic rings. The van der Waals surface area contributed by atoms with Gasteiger partial charge >= 0.3 is 0 Å². The van der Waals surface area contributed by atoms with Gasteiger partial charge in [0.15, 0.2) is 0 Å². The van der Waals surface area contributed by atoms with Crippen LogP contribution in [0, 0.1) is 5.92 Å². The fourth-order valence-corrected chi connectivity index (χ4v) is 1.58. The van der Waals surface area contributed by atoms with Crippen molar-refractivity contribution >= 4 is 0 Å². The van der Waals surface area contributed by atoms with Crippen LogP contribution >= 0.6 is 0 Å². The number of rotatable bonds is 5. The second kappa shape index (κ2) is 6.73. The molecule has 0 bridgehead atoms. The van der Waals surface area contributed by atoms with E-state index in [1.54, 1.807) is 0 Å². The smallest absolute Gasteiger partial charge is 0.0917 e. The summed E-state index contributed by atoms with van der Waals surface area (Å²) in [7, 11) is 0. The topological polar surface area (TPSA) is 27.6 Å². The monoisotopic (exact) mass is 193 g/mol. The minimum atomic E-state index is 0. The zero-order chi connectivity index (χ0) is 8.91. The van der Waals surface area contributed by atoms with Crippen LogP contribution in [0.3, 0.4) is 0 Å². The van der Waals surface area contributed by atoms with Gasteiger partial charge < -0.3 is 18.1 Å². The molecule has 76 valence electrons. The van der Waals surface area contributed by atoms with Crippen molar-refractivity contribution in [3.05, 3.63) is 0 Å². The first-order valence-electron chi connectivity index (χ1n) is 4.87. The Kier molecular flexibility index (Phi) is 8.28. The molecule has 0 saturated heterocycles. The standard InChI is InChI=1S/C10H23N.ClH/c1-5-7-9(3)8-10(4,11)6-2;/h9H,5-8,11H2,1-4H3;1H. The Labute approximate surface area is 83.5 Å². The first-order chi connectivity index (χ1) is 5.02. The largest absolute Gasteiger partial charge is 1.00 e. The van der Waals surface area contributed by atoms with Gasteiger partial charge in [-0.2, -0.15) is 0 Å². The zero-order valence-corrected chi connectivity index (χ0v) is 9.75. The third-order valence-corrected chi connectivity index (χ3v) is 2.48. The lowest BCUT2D eigenvalue weighted by Gasteiger charge is -2.22. The molecule has 0 radical (unpaired) electrons. The minimum absolute atomic E-state index is 0. The average molecular weight is 194 g/mol. The number of hydrogen-bond donors (Lipinski definition) is 1. The van der Waals surface area contributed by atoms with Crippen molar-refractivity contribution in [3.8, 4) is 0 Å². The molecule has 0 rings (SSSR count). The Hall–Kier alpha value is 0.250. The summed E-state index contributed by atoms with van der Waals surface area (Å²) in [5.74, 6) is 0.849. The summed E-state index contributed by atoms with van der Waals surface area (Å²) in [4.78, 5) is 0. The van der Waals surface area contributed by atoms with Crippen LogP contribution in [0.15, 0.2) is 0 Å². The molecule has 1 nitrogen and oxygen atoms in total. The Morgan fingerprint density at radius 3 is 2.17 bits per heavy atom. The second-order valence-corrected chi connectivity index (χ2v) is 4.26. The Balaban J connectivity index is 0.